The summed E-state index contributed by atoms with van der Waals surface area (Å²) in [5, 5.41) is 2.28. The topological polar surface area (TPSA) is 12.9 Å². The van der Waals surface area contributed by atoms with Crippen LogP contribution in [0.4, 0.5) is 0 Å². The van der Waals surface area contributed by atoms with E-state index in [1.165, 1.54) is 0 Å². The highest BCUT2D eigenvalue weighted by Gasteiger charge is 2.00. The van der Waals surface area contributed by atoms with Gasteiger partial charge in [0.1, 0.15) is 5.15 Å². The number of fused-ring (bicyclic) bond motifs is 1. The third-order valence-electron chi connectivity index (χ3n) is 1.94. The largest absolute Gasteiger partial charge is 0.236 e. The van der Waals surface area contributed by atoms with E-state index in [1.54, 1.807) is 6.07 Å². The molecule has 2 aromatic rings. The molecule has 1 nitrogen and oxygen atoms in total. The molecule has 0 aliphatic carbocycles. The van der Waals surface area contributed by atoms with Gasteiger partial charge in [-0.1, -0.05) is 23.2 Å². The third kappa shape index (κ3) is 1.62. The number of aromatic nitrogens is 1. The van der Waals surface area contributed by atoms with Crippen LogP contribution in [-0.4, -0.2) is 4.98 Å². The van der Waals surface area contributed by atoms with E-state index in [-0.39, 0.29) is 0 Å². The average Bonchev–Trinajstić information content (AvgIpc) is 2.08. The van der Waals surface area contributed by atoms with Gasteiger partial charge >= 0.3 is 0 Å². The Balaban J connectivity index is 2.81. The lowest BCUT2D eigenvalue weighted by Crippen LogP contribution is -1.82. The summed E-state index contributed by atoms with van der Waals surface area (Å²) in [7, 11) is 0. The normalized spacial score (nSPS) is 10.7. The Bertz CT molecular complexity index is 466. The Morgan fingerprint density at radius 3 is 2.69 bits per heavy atom. The molecule has 0 saturated heterocycles. The first-order valence-corrected chi connectivity index (χ1v) is 4.65. The van der Waals surface area contributed by atoms with Gasteiger partial charge in [-0.15, -0.1) is 0 Å². The van der Waals surface area contributed by atoms with Crippen LogP contribution in [-0.2, 0) is 0 Å². The minimum atomic E-state index is 0.493. The molecule has 0 N–H and O–H groups in total. The van der Waals surface area contributed by atoms with Gasteiger partial charge in [0.25, 0.3) is 0 Å². The van der Waals surface area contributed by atoms with Crippen molar-refractivity contribution >= 4 is 34.1 Å². The van der Waals surface area contributed by atoms with E-state index in [9.17, 15) is 0 Å². The first kappa shape index (κ1) is 8.79. The second-order valence-corrected chi connectivity index (χ2v) is 3.72. The molecule has 0 aliphatic heterocycles. The molecule has 1 heterocycles. The summed E-state index contributed by atoms with van der Waals surface area (Å²) in [5.74, 6) is 0. The van der Waals surface area contributed by atoms with E-state index >= 15 is 0 Å². The molecule has 0 atom stereocenters. The van der Waals surface area contributed by atoms with E-state index in [1.807, 2.05) is 25.1 Å². The van der Waals surface area contributed by atoms with Gasteiger partial charge in [-0.2, -0.15) is 0 Å². The average molecular weight is 212 g/mol. The number of nitrogens with zero attached hydrogens (tertiary/aromatic N) is 1. The molecular formula is C10H7Cl2N. The Morgan fingerprint density at radius 2 is 1.92 bits per heavy atom. The second kappa shape index (κ2) is 3.17. The summed E-state index contributed by atoms with van der Waals surface area (Å²) in [6.07, 6.45) is 0. The maximum absolute atomic E-state index is 5.96. The van der Waals surface area contributed by atoms with Crippen LogP contribution in [0.1, 0.15) is 5.56 Å². The van der Waals surface area contributed by atoms with E-state index in [0.717, 1.165) is 21.5 Å². The molecule has 66 valence electrons. The highest BCUT2D eigenvalue weighted by atomic mass is 35.5. The Hall–Kier alpha value is -0.790. The van der Waals surface area contributed by atoms with E-state index in [2.05, 4.69) is 4.98 Å². The molecule has 0 amide bonds. The van der Waals surface area contributed by atoms with Gasteiger partial charge < -0.3 is 0 Å². The molecule has 0 unspecified atom stereocenters. The molecule has 0 bridgehead atoms. The van der Waals surface area contributed by atoms with Crippen molar-refractivity contribution in [3.8, 4) is 0 Å². The van der Waals surface area contributed by atoms with Gasteiger partial charge in [-0.25, -0.2) is 4.98 Å². The summed E-state index contributed by atoms with van der Waals surface area (Å²) in [4.78, 5) is 4.16. The van der Waals surface area contributed by atoms with E-state index in [4.69, 9.17) is 23.2 Å². The van der Waals surface area contributed by atoms with E-state index in [0.29, 0.717) is 5.15 Å². The summed E-state index contributed by atoms with van der Waals surface area (Å²) in [6.45, 7) is 1.97. The van der Waals surface area contributed by atoms with Crippen LogP contribution in [0.15, 0.2) is 24.3 Å². The van der Waals surface area contributed by atoms with Crippen LogP contribution < -0.4 is 0 Å². The summed E-state index contributed by atoms with van der Waals surface area (Å²) in [5.41, 5.74) is 1.89. The summed E-state index contributed by atoms with van der Waals surface area (Å²) < 4.78 is 0. The first-order chi connectivity index (χ1) is 6.16. The lowest BCUT2D eigenvalue weighted by molar-refractivity contribution is 1.39. The SMILES string of the molecule is Cc1cc2ccc(Cl)nc2cc1Cl. The number of hydrogen-bond donors (Lipinski definition) is 0. The Kier molecular flexibility index (Phi) is 2.14. The molecule has 0 spiro atoms. The summed E-state index contributed by atoms with van der Waals surface area (Å²) >= 11 is 11.7. The number of halogens is 2. The highest BCUT2D eigenvalue weighted by Crippen LogP contribution is 2.23. The van der Waals surface area contributed by atoms with Crippen molar-refractivity contribution in [2.24, 2.45) is 0 Å². The van der Waals surface area contributed by atoms with Gasteiger partial charge in [0.05, 0.1) is 5.52 Å². The lowest BCUT2D eigenvalue weighted by atomic mass is 10.1. The van der Waals surface area contributed by atoms with Crippen molar-refractivity contribution in [1.29, 1.82) is 0 Å². The molecule has 2 rings (SSSR count). The fourth-order valence-corrected chi connectivity index (χ4v) is 1.55. The lowest BCUT2D eigenvalue weighted by Gasteiger charge is -2.01. The van der Waals surface area contributed by atoms with Crippen LogP contribution >= 0.6 is 23.2 Å². The van der Waals surface area contributed by atoms with Gasteiger partial charge in [-0.05, 0) is 36.8 Å². The maximum atomic E-state index is 5.96. The van der Waals surface area contributed by atoms with Crippen molar-refractivity contribution in [3.63, 3.8) is 0 Å². The minimum absolute atomic E-state index is 0.493. The van der Waals surface area contributed by atoms with Crippen molar-refractivity contribution in [1.82, 2.24) is 4.98 Å². The molecule has 3 heteroatoms. The van der Waals surface area contributed by atoms with Crippen molar-refractivity contribution < 1.29 is 0 Å². The van der Waals surface area contributed by atoms with E-state index < -0.39 is 0 Å². The monoisotopic (exact) mass is 211 g/mol. The predicted molar refractivity (Wildman–Crippen MR) is 56.5 cm³/mol. The van der Waals surface area contributed by atoms with Crippen LogP contribution in [0.3, 0.4) is 0 Å². The molecular weight excluding hydrogens is 205 g/mol. The summed E-state index contributed by atoms with van der Waals surface area (Å²) in [6, 6.07) is 7.55. The smallest absolute Gasteiger partial charge is 0.129 e. The predicted octanol–water partition coefficient (Wildman–Crippen LogP) is 3.85. The fourth-order valence-electron chi connectivity index (χ4n) is 1.23. The molecule has 13 heavy (non-hydrogen) atoms. The van der Waals surface area contributed by atoms with Crippen molar-refractivity contribution in [3.05, 3.63) is 40.0 Å². The zero-order valence-electron chi connectivity index (χ0n) is 7.01. The first-order valence-electron chi connectivity index (χ1n) is 3.89. The molecule has 1 aromatic carbocycles. The van der Waals surface area contributed by atoms with Gasteiger partial charge in [0, 0.05) is 10.4 Å². The van der Waals surface area contributed by atoms with Crippen LogP contribution in [0.25, 0.3) is 10.9 Å². The number of pyridine rings is 1. The van der Waals surface area contributed by atoms with Crippen molar-refractivity contribution in [2.75, 3.05) is 0 Å². The minimum Gasteiger partial charge on any atom is -0.236 e. The zero-order chi connectivity index (χ0) is 9.42. The molecule has 0 aliphatic rings. The van der Waals surface area contributed by atoms with Gasteiger partial charge in [0.15, 0.2) is 0 Å². The fraction of sp³-hybridized carbons (Fsp3) is 0.100. The Labute approximate surface area is 86.3 Å². The standard InChI is InChI=1S/C10H7Cl2N/c1-6-4-7-2-3-10(12)13-9(7)5-8(6)11/h2-5H,1H3. The maximum Gasteiger partial charge on any atom is 0.129 e. The number of rotatable bonds is 0. The second-order valence-electron chi connectivity index (χ2n) is 2.93. The Morgan fingerprint density at radius 1 is 1.15 bits per heavy atom. The van der Waals surface area contributed by atoms with Gasteiger partial charge in [-0.3, -0.25) is 0 Å². The van der Waals surface area contributed by atoms with Gasteiger partial charge in [0.2, 0.25) is 0 Å². The van der Waals surface area contributed by atoms with Crippen LogP contribution in [0.2, 0.25) is 10.2 Å². The van der Waals surface area contributed by atoms with Crippen molar-refractivity contribution in [2.45, 2.75) is 6.92 Å². The molecule has 1 aromatic heterocycles. The molecule has 0 saturated carbocycles. The van der Waals surface area contributed by atoms with Crippen LogP contribution in [0, 0.1) is 6.92 Å². The number of hydrogen-bond acceptors (Lipinski definition) is 1. The number of benzene rings is 1. The third-order valence-corrected chi connectivity index (χ3v) is 2.55. The highest BCUT2D eigenvalue weighted by molar-refractivity contribution is 6.32. The molecule has 0 radical (unpaired) electrons. The van der Waals surface area contributed by atoms with Crippen LogP contribution in [0.5, 0.6) is 0 Å². The quantitative estimate of drug-likeness (QED) is 0.604. The zero-order valence-corrected chi connectivity index (χ0v) is 8.52. The number of aryl methyl sites for hydroxylation is 1. The molecule has 0 fully saturated rings.